The van der Waals surface area contributed by atoms with Crippen molar-refractivity contribution in [3.63, 3.8) is 0 Å². The van der Waals surface area contributed by atoms with E-state index in [4.69, 9.17) is 4.42 Å². The summed E-state index contributed by atoms with van der Waals surface area (Å²) in [5.74, 6) is 2.19. The highest BCUT2D eigenvalue weighted by molar-refractivity contribution is 5.78. The molecule has 0 spiro atoms. The van der Waals surface area contributed by atoms with Crippen LogP contribution in [0.5, 0.6) is 0 Å². The summed E-state index contributed by atoms with van der Waals surface area (Å²) in [6.07, 6.45) is 5.72. The standard InChI is InChI=1S/C16H25N5O2/c1-20(10-15-18-19-16(23-15)11-2-3-11)13-6-7-21(8-13)9-14(22)17-12-4-5-12/h11-13H,2-10H2,1H3,(H,17,22)/t13-/m0/s1. The van der Waals surface area contributed by atoms with E-state index in [1.165, 1.54) is 12.8 Å². The first kappa shape index (κ1) is 15.1. The molecule has 23 heavy (non-hydrogen) atoms. The maximum Gasteiger partial charge on any atom is 0.234 e. The van der Waals surface area contributed by atoms with Crippen LogP contribution in [0.4, 0.5) is 0 Å². The molecule has 1 N–H and O–H groups in total. The van der Waals surface area contributed by atoms with Crippen molar-refractivity contribution in [1.29, 1.82) is 0 Å². The molecule has 3 fully saturated rings. The summed E-state index contributed by atoms with van der Waals surface area (Å²) in [7, 11) is 2.10. The van der Waals surface area contributed by atoms with Crippen LogP contribution in [0.3, 0.4) is 0 Å². The molecule has 1 aliphatic heterocycles. The van der Waals surface area contributed by atoms with E-state index in [0.717, 1.165) is 38.2 Å². The summed E-state index contributed by atoms with van der Waals surface area (Å²) in [5.41, 5.74) is 0. The highest BCUT2D eigenvalue weighted by Gasteiger charge is 2.31. The molecule has 1 aromatic rings. The summed E-state index contributed by atoms with van der Waals surface area (Å²) in [5, 5.41) is 11.4. The number of hydrogen-bond acceptors (Lipinski definition) is 6. The minimum atomic E-state index is 0.168. The Morgan fingerprint density at radius 2 is 2.13 bits per heavy atom. The monoisotopic (exact) mass is 319 g/mol. The van der Waals surface area contributed by atoms with E-state index in [2.05, 4.69) is 32.4 Å². The Labute approximate surface area is 136 Å². The second kappa shape index (κ2) is 6.20. The molecular formula is C16H25N5O2. The van der Waals surface area contributed by atoms with Crippen molar-refractivity contribution in [1.82, 2.24) is 25.3 Å². The van der Waals surface area contributed by atoms with Crippen LogP contribution in [0.25, 0.3) is 0 Å². The lowest BCUT2D eigenvalue weighted by Gasteiger charge is -2.23. The maximum atomic E-state index is 11.9. The van der Waals surface area contributed by atoms with Gasteiger partial charge in [0, 0.05) is 31.1 Å². The largest absolute Gasteiger partial charge is 0.424 e. The Kier molecular flexibility index (Phi) is 4.07. The van der Waals surface area contributed by atoms with E-state index in [9.17, 15) is 4.79 Å². The number of nitrogens with one attached hydrogen (secondary N) is 1. The fraction of sp³-hybridized carbons (Fsp3) is 0.812. The zero-order valence-corrected chi connectivity index (χ0v) is 13.7. The van der Waals surface area contributed by atoms with Gasteiger partial charge in [-0.2, -0.15) is 0 Å². The first-order valence-corrected chi connectivity index (χ1v) is 8.71. The third-order valence-electron chi connectivity index (χ3n) is 4.97. The molecule has 0 aromatic carbocycles. The molecule has 126 valence electrons. The summed E-state index contributed by atoms with van der Waals surface area (Å²) in [6, 6.07) is 0.891. The molecule has 1 atom stereocenters. The third-order valence-corrected chi connectivity index (χ3v) is 4.97. The Bertz CT molecular complexity index is 567. The summed E-state index contributed by atoms with van der Waals surface area (Å²) in [6.45, 7) is 3.11. The SMILES string of the molecule is CN(Cc1nnc(C2CC2)o1)[C@H]1CCN(CC(=O)NC2CC2)C1. The normalized spacial score (nSPS) is 25.2. The highest BCUT2D eigenvalue weighted by Crippen LogP contribution is 2.39. The van der Waals surface area contributed by atoms with Crippen LogP contribution in [-0.4, -0.2) is 64.7 Å². The molecule has 2 heterocycles. The summed E-state index contributed by atoms with van der Waals surface area (Å²) < 4.78 is 5.74. The van der Waals surface area contributed by atoms with Crippen molar-refractivity contribution in [3.8, 4) is 0 Å². The molecule has 1 saturated heterocycles. The fourth-order valence-corrected chi connectivity index (χ4v) is 3.19. The van der Waals surface area contributed by atoms with Gasteiger partial charge in [0.1, 0.15) is 0 Å². The number of rotatable bonds is 7. The predicted octanol–water partition coefficient (Wildman–Crippen LogP) is 0.732. The fourth-order valence-electron chi connectivity index (χ4n) is 3.19. The van der Waals surface area contributed by atoms with Crippen molar-refractivity contribution in [2.75, 3.05) is 26.7 Å². The highest BCUT2D eigenvalue weighted by atomic mass is 16.4. The number of amides is 1. The van der Waals surface area contributed by atoms with Crippen molar-refractivity contribution in [2.24, 2.45) is 0 Å². The van der Waals surface area contributed by atoms with Crippen LogP contribution in [0, 0.1) is 0 Å². The van der Waals surface area contributed by atoms with Gasteiger partial charge >= 0.3 is 0 Å². The van der Waals surface area contributed by atoms with Gasteiger partial charge in [0.2, 0.25) is 17.7 Å². The predicted molar refractivity (Wildman–Crippen MR) is 83.7 cm³/mol. The Morgan fingerprint density at radius 3 is 2.87 bits per heavy atom. The second-order valence-corrected chi connectivity index (χ2v) is 7.24. The van der Waals surface area contributed by atoms with Crippen molar-refractivity contribution >= 4 is 5.91 Å². The van der Waals surface area contributed by atoms with Crippen molar-refractivity contribution in [2.45, 2.75) is 56.7 Å². The first-order valence-electron chi connectivity index (χ1n) is 8.71. The van der Waals surface area contributed by atoms with Crippen LogP contribution >= 0.6 is 0 Å². The molecule has 3 aliphatic rings. The zero-order valence-electron chi connectivity index (χ0n) is 13.7. The summed E-state index contributed by atoms with van der Waals surface area (Å²) >= 11 is 0. The van der Waals surface area contributed by atoms with E-state index >= 15 is 0 Å². The van der Waals surface area contributed by atoms with Gasteiger partial charge in [-0.1, -0.05) is 0 Å². The number of carbonyl (C=O) groups is 1. The Morgan fingerprint density at radius 1 is 1.30 bits per heavy atom. The van der Waals surface area contributed by atoms with E-state index in [1.54, 1.807) is 0 Å². The molecule has 0 radical (unpaired) electrons. The summed E-state index contributed by atoms with van der Waals surface area (Å²) in [4.78, 5) is 16.4. The number of likely N-dealkylation sites (N-methyl/N-ethyl adjacent to an activating group) is 1. The van der Waals surface area contributed by atoms with Gasteiger partial charge in [0.15, 0.2) is 0 Å². The quantitative estimate of drug-likeness (QED) is 0.799. The molecule has 2 aliphatic carbocycles. The van der Waals surface area contributed by atoms with Crippen LogP contribution < -0.4 is 5.32 Å². The Balaban J connectivity index is 1.23. The lowest BCUT2D eigenvalue weighted by atomic mass is 10.2. The molecule has 0 unspecified atom stereocenters. The van der Waals surface area contributed by atoms with Gasteiger partial charge in [-0.25, -0.2) is 0 Å². The molecule has 7 nitrogen and oxygen atoms in total. The number of nitrogens with zero attached hydrogens (tertiary/aromatic N) is 4. The Hall–Kier alpha value is -1.47. The minimum Gasteiger partial charge on any atom is -0.424 e. The topological polar surface area (TPSA) is 74.5 Å². The van der Waals surface area contributed by atoms with Crippen molar-refractivity contribution < 1.29 is 9.21 Å². The lowest BCUT2D eigenvalue weighted by Crippen LogP contribution is -2.39. The molecular weight excluding hydrogens is 294 g/mol. The van der Waals surface area contributed by atoms with E-state index in [0.29, 0.717) is 37.0 Å². The van der Waals surface area contributed by atoms with E-state index in [-0.39, 0.29) is 5.91 Å². The smallest absolute Gasteiger partial charge is 0.234 e. The molecule has 4 rings (SSSR count). The molecule has 1 amide bonds. The van der Waals surface area contributed by atoms with Gasteiger partial charge in [0.05, 0.1) is 13.1 Å². The maximum absolute atomic E-state index is 11.9. The van der Waals surface area contributed by atoms with Crippen LogP contribution in [-0.2, 0) is 11.3 Å². The number of carbonyl (C=O) groups excluding carboxylic acids is 1. The number of aromatic nitrogens is 2. The van der Waals surface area contributed by atoms with Crippen LogP contribution in [0.15, 0.2) is 4.42 Å². The minimum absolute atomic E-state index is 0.168. The second-order valence-electron chi connectivity index (χ2n) is 7.24. The van der Waals surface area contributed by atoms with E-state index in [1.807, 2.05) is 0 Å². The molecule has 1 aromatic heterocycles. The van der Waals surface area contributed by atoms with Gasteiger partial charge in [-0.05, 0) is 39.2 Å². The van der Waals surface area contributed by atoms with E-state index < -0.39 is 0 Å². The van der Waals surface area contributed by atoms with Gasteiger partial charge in [-0.3, -0.25) is 14.6 Å². The first-order chi connectivity index (χ1) is 11.2. The third kappa shape index (κ3) is 3.90. The molecule has 2 saturated carbocycles. The number of likely N-dealkylation sites (tertiary alicyclic amines) is 1. The van der Waals surface area contributed by atoms with Crippen LogP contribution in [0.1, 0.15) is 49.8 Å². The van der Waals surface area contributed by atoms with Gasteiger partial charge < -0.3 is 9.73 Å². The van der Waals surface area contributed by atoms with Crippen LogP contribution in [0.2, 0.25) is 0 Å². The van der Waals surface area contributed by atoms with Crippen molar-refractivity contribution in [3.05, 3.63) is 11.8 Å². The van der Waals surface area contributed by atoms with Gasteiger partial charge in [-0.15, -0.1) is 10.2 Å². The lowest BCUT2D eigenvalue weighted by molar-refractivity contribution is -0.122. The molecule has 0 bridgehead atoms. The number of hydrogen-bond donors (Lipinski definition) is 1. The average Bonchev–Trinajstić information content (AvgIpc) is 3.43. The average molecular weight is 319 g/mol. The zero-order chi connectivity index (χ0) is 15.8. The van der Waals surface area contributed by atoms with Gasteiger partial charge in [0.25, 0.3) is 0 Å². The molecule has 7 heteroatoms.